The zero-order chi connectivity index (χ0) is 25.1. The van der Waals surface area contributed by atoms with E-state index in [0.29, 0.717) is 5.92 Å². The van der Waals surface area contributed by atoms with Crippen LogP contribution in [0.4, 0.5) is 0 Å². The summed E-state index contributed by atoms with van der Waals surface area (Å²) in [5.41, 5.74) is 7.77. The molecule has 6 heteroatoms. The Morgan fingerprint density at radius 1 is 1.36 bits per heavy atom. The molecule has 1 saturated heterocycles. The van der Waals surface area contributed by atoms with Crippen LogP contribution in [0.25, 0.3) is 6.08 Å². The number of hydrogen-bond donors (Lipinski definition) is 2. The van der Waals surface area contributed by atoms with Crippen LogP contribution in [0.3, 0.4) is 0 Å². The molecule has 7 atom stereocenters. The maximum absolute atomic E-state index is 12.9. The fourth-order valence-corrected chi connectivity index (χ4v) is 5.14. The molecule has 0 saturated carbocycles. The lowest BCUT2D eigenvalue weighted by atomic mass is 9.71. The second-order valence-electron chi connectivity index (χ2n) is 11.2. The number of nitrogens with zero attached hydrogens (tertiary/aromatic N) is 1. The van der Waals surface area contributed by atoms with E-state index < -0.39 is 11.5 Å². The van der Waals surface area contributed by atoms with Crippen molar-refractivity contribution >= 4 is 23.2 Å². The van der Waals surface area contributed by atoms with Gasteiger partial charge in [0.25, 0.3) is 0 Å². The van der Waals surface area contributed by atoms with Crippen molar-refractivity contribution in [2.45, 2.75) is 112 Å². The van der Waals surface area contributed by atoms with Crippen molar-refractivity contribution in [3.05, 3.63) is 21.7 Å². The quantitative estimate of drug-likeness (QED) is 0.351. The summed E-state index contributed by atoms with van der Waals surface area (Å²) in [7, 11) is 0. The third-order valence-electron chi connectivity index (χ3n) is 8.21. The van der Waals surface area contributed by atoms with Crippen molar-refractivity contribution in [2.24, 2.45) is 28.9 Å². The number of aliphatic hydroxyl groups excluding tert-OH is 1. The molecule has 5 nitrogen and oxygen atoms in total. The Morgan fingerprint density at radius 2 is 2.00 bits per heavy atom. The second kappa shape index (κ2) is 11.1. The molecule has 1 aromatic heterocycles. The number of hydrogen-bond acceptors (Lipinski definition) is 6. The van der Waals surface area contributed by atoms with Crippen LogP contribution in [0.2, 0.25) is 0 Å². The van der Waals surface area contributed by atoms with E-state index in [-0.39, 0.29) is 35.4 Å². The number of Topliss-reactive ketones (excluding diaryl/α,β-unsaturated/α-hetero) is 1. The van der Waals surface area contributed by atoms with E-state index in [0.717, 1.165) is 42.0 Å². The van der Waals surface area contributed by atoms with Crippen LogP contribution < -0.4 is 5.73 Å². The molecule has 33 heavy (non-hydrogen) atoms. The predicted octanol–water partition coefficient (Wildman–Crippen LogP) is 5.78. The first-order valence-corrected chi connectivity index (χ1v) is 13.3. The van der Waals surface area contributed by atoms with E-state index in [2.05, 4.69) is 44.1 Å². The Hall–Kier alpha value is -1.08. The molecule has 2 rings (SSSR count). The number of carbonyl (C=O) groups excluding carboxylic acids is 1. The zero-order valence-corrected chi connectivity index (χ0v) is 23.0. The molecule has 2 heterocycles. The fourth-order valence-electron chi connectivity index (χ4n) is 4.57. The van der Waals surface area contributed by atoms with Gasteiger partial charge in [0, 0.05) is 22.8 Å². The largest absolute Gasteiger partial charge is 0.392 e. The standard InChI is InChI=1S/C27H46N2O3S/c1-16(18(3)19(4)25(31)26(7,8)20(5)30)11-10-12-27(9)24(32-27)14-23(28)17(2)13-22-15-33-21(6)29-22/h13,15-16,18-20,23-24,30H,10-12,14,28H2,1-9H3/b17-13+. The summed E-state index contributed by atoms with van der Waals surface area (Å²) >= 11 is 1.65. The molecule has 0 bridgehead atoms. The molecule has 1 aromatic rings. The molecule has 0 spiro atoms. The lowest BCUT2D eigenvalue weighted by Gasteiger charge is -2.34. The van der Waals surface area contributed by atoms with Crippen LogP contribution in [0.5, 0.6) is 0 Å². The normalized spacial score (nSPS) is 25.9. The molecular formula is C27H46N2O3S. The average molecular weight is 479 g/mol. The third-order valence-corrected chi connectivity index (χ3v) is 9.00. The van der Waals surface area contributed by atoms with Gasteiger partial charge in [0.2, 0.25) is 0 Å². The highest BCUT2D eigenvalue weighted by molar-refractivity contribution is 7.09. The van der Waals surface area contributed by atoms with E-state index in [1.807, 2.05) is 27.7 Å². The molecule has 1 fully saturated rings. The summed E-state index contributed by atoms with van der Waals surface area (Å²) in [6, 6.07) is -0.0260. The summed E-state index contributed by atoms with van der Waals surface area (Å²) < 4.78 is 6.08. The Bertz CT molecular complexity index is 831. The number of aromatic nitrogens is 1. The minimum Gasteiger partial charge on any atom is -0.392 e. The van der Waals surface area contributed by atoms with Gasteiger partial charge in [-0.15, -0.1) is 11.3 Å². The zero-order valence-electron chi connectivity index (χ0n) is 22.1. The van der Waals surface area contributed by atoms with Crippen LogP contribution in [-0.2, 0) is 9.53 Å². The third kappa shape index (κ3) is 7.20. The number of carbonyl (C=O) groups is 1. The van der Waals surface area contributed by atoms with Crippen LogP contribution in [0.15, 0.2) is 11.0 Å². The minimum absolute atomic E-state index is 0.0260. The van der Waals surface area contributed by atoms with Crippen LogP contribution in [0, 0.1) is 30.1 Å². The van der Waals surface area contributed by atoms with Crippen molar-refractivity contribution in [3.63, 3.8) is 0 Å². The van der Waals surface area contributed by atoms with E-state index in [4.69, 9.17) is 10.5 Å². The highest BCUT2D eigenvalue weighted by Crippen LogP contribution is 2.44. The van der Waals surface area contributed by atoms with Crippen molar-refractivity contribution < 1.29 is 14.6 Å². The van der Waals surface area contributed by atoms with Crippen molar-refractivity contribution in [1.29, 1.82) is 0 Å². The van der Waals surface area contributed by atoms with E-state index in [1.54, 1.807) is 18.3 Å². The molecule has 3 N–H and O–H groups in total. The monoisotopic (exact) mass is 478 g/mol. The van der Waals surface area contributed by atoms with Crippen LogP contribution >= 0.6 is 11.3 Å². The first kappa shape index (κ1) is 28.2. The van der Waals surface area contributed by atoms with Crippen LogP contribution in [-0.4, -0.2) is 39.7 Å². The SMILES string of the molecule is C/C(=C\c1csc(C)n1)C(N)CC1OC1(C)CCCC(C)C(C)C(C)C(=O)C(C)(C)C(C)O. The summed E-state index contributed by atoms with van der Waals surface area (Å²) in [6.07, 6.45) is 5.61. The van der Waals surface area contributed by atoms with E-state index in [1.165, 1.54) is 0 Å². The number of rotatable bonds is 13. The van der Waals surface area contributed by atoms with E-state index in [9.17, 15) is 9.90 Å². The molecule has 0 radical (unpaired) electrons. The number of nitrogens with two attached hydrogens (primary N) is 1. The Kier molecular flexibility index (Phi) is 9.48. The highest BCUT2D eigenvalue weighted by Gasteiger charge is 2.51. The van der Waals surface area contributed by atoms with Gasteiger partial charge in [0.05, 0.1) is 28.5 Å². The highest BCUT2D eigenvalue weighted by atomic mass is 32.1. The van der Waals surface area contributed by atoms with Gasteiger partial charge in [-0.05, 0) is 58.4 Å². The number of ether oxygens (including phenoxy) is 1. The Balaban J connectivity index is 1.79. The topological polar surface area (TPSA) is 88.7 Å². The van der Waals surface area contributed by atoms with Crippen molar-refractivity contribution in [3.8, 4) is 0 Å². The van der Waals surface area contributed by atoms with Crippen molar-refractivity contribution in [2.75, 3.05) is 0 Å². The molecule has 7 unspecified atom stereocenters. The number of ketones is 1. The summed E-state index contributed by atoms with van der Waals surface area (Å²) in [6.45, 7) is 18.1. The van der Waals surface area contributed by atoms with Crippen LogP contribution in [0.1, 0.15) is 91.8 Å². The molecule has 0 aliphatic carbocycles. The Labute approximate surface area is 205 Å². The lowest BCUT2D eigenvalue weighted by Crippen LogP contribution is -2.41. The maximum atomic E-state index is 12.9. The number of aliphatic hydroxyl groups is 1. The second-order valence-corrected chi connectivity index (χ2v) is 12.3. The lowest BCUT2D eigenvalue weighted by molar-refractivity contribution is -0.138. The van der Waals surface area contributed by atoms with Gasteiger partial charge in [-0.2, -0.15) is 0 Å². The molecular weight excluding hydrogens is 432 g/mol. The first-order chi connectivity index (χ1) is 15.2. The molecule has 0 amide bonds. The van der Waals surface area contributed by atoms with Gasteiger partial charge >= 0.3 is 0 Å². The van der Waals surface area contributed by atoms with Gasteiger partial charge in [-0.25, -0.2) is 4.98 Å². The molecule has 1 aliphatic rings. The fraction of sp³-hybridized carbons (Fsp3) is 0.778. The van der Waals surface area contributed by atoms with Gasteiger partial charge in [0.1, 0.15) is 5.78 Å². The first-order valence-electron chi connectivity index (χ1n) is 12.4. The Morgan fingerprint density at radius 3 is 2.55 bits per heavy atom. The summed E-state index contributed by atoms with van der Waals surface area (Å²) in [4.78, 5) is 17.4. The molecule has 1 aliphatic heterocycles. The van der Waals surface area contributed by atoms with Crippen molar-refractivity contribution in [1.82, 2.24) is 4.98 Å². The maximum Gasteiger partial charge on any atom is 0.144 e. The number of thiazole rings is 1. The molecule has 188 valence electrons. The summed E-state index contributed by atoms with van der Waals surface area (Å²) in [5, 5.41) is 13.1. The smallest absolute Gasteiger partial charge is 0.144 e. The summed E-state index contributed by atoms with van der Waals surface area (Å²) in [5.74, 6) is 0.789. The van der Waals surface area contributed by atoms with Gasteiger partial charge in [0.15, 0.2) is 0 Å². The number of aryl methyl sites for hydroxylation is 1. The predicted molar refractivity (Wildman–Crippen MR) is 138 cm³/mol. The van der Waals surface area contributed by atoms with Gasteiger partial charge < -0.3 is 15.6 Å². The van der Waals surface area contributed by atoms with E-state index >= 15 is 0 Å². The van der Waals surface area contributed by atoms with Gasteiger partial charge in [-0.1, -0.05) is 53.0 Å². The average Bonchev–Trinajstić information content (AvgIpc) is 3.17. The minimum atomic E-state index is -0.709. The van der Waals surface area contributed by atoms with Gasteiger partial charge in [-0.3, -0.25) is 4.79 Å². The molecule has 0 aromatic carbocycles. The number of epoxide rings is 1.